The van der Waals surface area contributed by atoms with Crippen LogP contribution < -0.4 is 5.32 Å². The summed E-state index contributed by atoms with van der Waals surface area (Å²) < 4.78 is 4.19. The maximum atomic E-state index is 4.49. The third-order valence-electron chi connectivity index (χ3n) is 3.96. The van der Waals surface area contributed by atoms with Gasteiger partial charge in [0, 0.05) is 51.8 Å². The van der Waals surface area contributed by atoms with Gasteiger partial charge in [-0.15, -0.1) is 0 Å². The first-order valence-electron chi connectivity index (χ1n) is 8.04. The van der Waals surface area contributed by atoms with E-state index in [1.807, 2.05) is 14.0 Å². The van der Waals surface area contributed by atoms with E-state index in [4.69, 9.17) is 0 Å². The highest BCUT2D eigenvalue weighted by Gasteiger charge is 2.08. The molecule has 23 heavy (non-hydrogen) atoms. The lowest BCUT2D eigenvalue weighted by atomic mass is 10.3. The van der Waals surface area contributed by atoms with Crippen LogP contribution in [0.5, 0.6) is 0 Å². The number of aryl methyl sites for hydroxylation is 4. The fourth-order valence-electron chi connectivity index (χ4n) is 2.69. The second kappa shape index (κ2) is 7.85. The average Bonchev–Trinajstić information content (AvgIpc) is 3.04. The minimum absolute atomic E-state index is 0.834. The number of rotatable bonds is 6. The molecule has 0 aliphatic rings. The largest absolute Gasteiger partial charge is 0.356 e. The number of hydrogen-bond donors (Lipinski definition) is 1. The first-order chi connectivity index (χ1) is 11.0. The Morgan fingerprint density at radius 1 is 1.39 bits per heavy atom. The Bertz CT molecular complexity index is 652. The van der Waals surface area contributed by atoms with Crippen molar-refractivity contribution in [1.82, 2.24) is 24.6 Å². The summed E-state index contributed by atoms with van der Waals surface area (Å²) in [6.07, 6.45) is 3.08. The molecule has 2 rings (SSSR count). The van der Waals surface area contributed by atoms with Gasteiger partial charge >= 0.3 is 0 Å². The van der Waals surface area contributed by atoms with E-state index >= 15 is 0 Å². The molecule has 0 atom stereocenters. The van der Waals surface area contributed by atoms with Gasteiger partial charge in [-0.3, -0.25) is 9.67 Å². The van der Waals surface area contributed by atoms with Crippen LogP contribution >= 0.6 is 0 Å². The van der Waals surface area contributed by atoms with Crippen LogP contribution in [0, 0.1) is 13.8 Å². The van der Waals surface area contributed by atoms with Crippen LogP contribution in [-0.2, 0) is 20.1 Å². The Morgan fingerprint density at radius 2 is 2.17 bits per heavy atom. The SMILES string of the molecule is CN=C(NCCCn1nc(C)cc1C)N(C)Cc1cccn1C. The molecule has 6 nitrogen and oxygen atoms in total. The lowest BCUT2D eigenvalue weighted by molar-refractivity contribution is 0.457. The van der Waals surface area contributed by atoms with Crippen molar-refractivity contribution in [2.75, 3.05) is 20.6 Å². The fourth-order valence-corrected chi connectivity index (χ4v) is 2.69. The third-order valence-corrected chi connectivity index (χ3v) is 3.96. The van der Waals surface area contributed by atoms with Gasteiger partial charge in [-0.05, 0) is 38.5 Å². The fraction of sp³-hybridized carbons (Fsp3) is 0.529. The van der Waals surface area contributed by atoms with Crippen molar-refractivity contribution in [3.05, 3.63) is 41.5 Å². The van der Waals surface area contributed by atoms with Crippen molar-refractivity contribution < 1.29 is 0 Å². The zero-order chi connectivity index (χ0) is 16.8. The number of nitrogens with zero attached hydrogens (tertiary/aromatic N) is 5. The maximum Gasteiger partial charge on any atom is 0.193 e. The van der Waals surface area contributed by atoms with Gasteiger partial charge in [0.2, 0.25) is 0 Å². The molecule has 0 radical (unpaired) electrons. The van der Waals surface area contributed by atoms with Crippen molar-refractivity contribution in [3.63, 3.8) is 0 Å². The van der Waals surface area contributed by atoms with Crippen LogP contribution in [0.3, 0.4) is 0 Å². The standard InChI is InChI=1S/C17H28N6/c1-14-12-15(2)23(20-14)11-7-9-19-17(18-3)22(5)13-16-8-6-10-21(16)4/h6,8,10,12H,7,9,11,13H2,1-5H3,(H,18,19). The molecule has 2 aromatic rings. The number of guanidine groups is 1. The highest BCUT2D eigenvalue weighted by Crippen LogP contribution is 2.04. The van der Waals surface area contributed by atoms with Crippen molar-refractivity contribution in [2.45, 2.75) is 33.4 Å². The lowest BCUT2D eigenvalue weighted by Crippen LogP contribution is -2.39. The smallest absolute Gasteiger partial charge is 0.193 e. The highest BCUT2D eigenvalue weighted by atomic mass is 15.3. The molecule has 126 valence electrons. The van der Waals surface area contributed by atoms with E-state index in [2.05, 4.69) is 75.0 Å². The molecular formula is C17H28N6. The van der Waals surface area contributed by atoms with E-state index < -0.39 is 0 Å². The number of hydrogen-bond acceptors (Lipinski definition) is 2. The van der Waals surface area contributed by atoms with Crippen molar-refractivity contribution in [3.8, 4) is 0 Å². The Balaban J connectivity index is 1.78. The molecule has 0 bridgehead atoms. The van der Waals surface area contributed by atoms with E-state index in [1.165, 1.54) is 11.4 Å². The van der Waals surface area contributed by atoms with Gasteiger partial charge in [0.1, 0.15) is 0 Å². The quantitative estimate of drug-likeness (QED) is 0.503. The zero-order valence-corrected chi connectivity index (χ0v) is 14.9. The Kier molecular flexibility index (Phi) is 5.84. The second-order valence-corrected chi connectivity index (χ2v) is 5.94. The van der Waals surface area contributed by atoms with Crippen molar-refractivity contribution in [1.29, 1.82) is 0 Å². The van der Waals surface area contributed by atoms with Gasteiger partial charge in [-0.2, -0.15) is 5.10 Å². The molecule has 0 fully saturated rings. The highest BCUT2D eigenvalue weighted by molar-refractivity contribution is 5.79. The molecule has 0 unspecified atom stereocenters. The number of aliphatic imine (C=N–C) groups is 1. The van der Waals surface area contributed by atoms with E-state index in [-0.39, 0.29) is 0 Å². The summed E-state index contributed by atoms with van der Waals surface area (Å²) >= 11 is 0. The van der Waals surface area contributed by atoms with Crippen molar-refractivity contribution >= 4 is 5.96 Å². The minimum atomic E-state index is 0.834. The van der Waals surface area contributed by atoms with Crippen LogP contribution in [0.4, 0.5) is 0 Å². The molecule has 6 heteroatoms. The molecule has 2 heterocycles. The molecule has 0 amide bonds. The van der Waals surface area contributed by atoms with E-state index in [0.717, 1.165) is 37.7 Å². The summed E-state index contributed by atoms with van der Waals surface area (Å²) in [6.45, 7) is 6.76. The molecule has 0 aliphatic heterocycles. The second-order valence-electron chi connectivity index (χ2n) is 5.94. The topological polar surface area (TPSA) is 50.4 Å². The molecule has 0 spiro atoms. The molecular weight excluding hydrogens is 288 g/mol. The minimum Gasteiger partial charge on any atom is -0.356 e. The molecule has 0 aromatic carbocycles. The van der Waals surface area contributed by atoms with Crippen LogP contribution in [0.15, 0.2) is 29.4 Å². The van der Waals surface area contributed by atoms with Crippen LogP contribution in [-0.4, -0.2) is 45.8 Å². The van der Waals surface area contributed by atoms with Gasteiger partial charge in [0.15, 0.2) is 5.96 Å². The molecule has 0 aliphatic carbocycles. The van der Waals surface area contributed by atoms with Gasteiger partial charge in [0.25, 0.3) is 0 Å². The van der Waals surface area contributed by atoms with Crippen LogP contribution in [0.25, 0.3) is 0 Å². The zero-order valence-electron chi connectivity index (χ0n) is 14.9. The summed E-state index contributed by atoms with van der Waals surface area (Å²) in [5, 5.41) is 7.91. The molecule has 1 N–H and O–H groups in total. The van der Waals surface area contributed by atoms with Gasteiger partial charge in [0.05, 0.1) is 12.2 Å². The summed E-state index contributed by atoms with van der Waals surface area (Å²) in [7, 11) is 5.95. The summed E-state index contributed by atoms with van der Waals surface area (Å²) in [6, 6.07) is 6.31. The molecule has 0 saturated carbocycles. The maximum absolute atomic E-state index is 4.49. The average molecular weight is 316 g/mol. The number of aromatic nitrogens is 3. The summed E-state index contributed by atoms with van der Waals surface area (Å²) in [5.74, 6) is 0.916. The normalized spacial score (nSPS) is 11.8. The Morgan fingerprint density at radius 3 is 2.74 bits per heavy atom. The monoisotopic (exact) mass is 316 g/mol. The van der Waals surface area contributed by atoms with Gasteiger partial charge in [-0.1, -0.05) is 0 Å². The van der Waals surface area contributed by atoms with Crippen molar-refractivity contribution in [2.24, 2.45) is 12.0 Å². The summed E-state index contributed by atoms with van der Waals surface area (Å²) in [5.41, 5.74) is 3.55. The third kappa shape index (κ3) is 4.61. The lowest BCUT2D eigenvalue weighted by Gasteiger charge is -2.22. The Hall–Kier alpha value is -2.24. The molecule has 0 saturated heterocycles. The molecule has 2 aromatic heterocycles. The van der Waals surface area contributed by atoms with Crippen LogP contribution in [0.1, 0.15) is 23.5 Å². The predicted octanol–water partition coefficient (Wildman–Crippen LogP) is 1.94. The van der Waals surface area contributed by atoms with E-state index in [9.17, 15) is 0 Å². The van der Waals surface area contributed by atoms with E-state index in [1.54, 1.807) is 0 Å². The van der Waals surface area contributed by atoms with Gasteiger partial charge < -0.3 is 14.8 Å². The predicted molar refractivity (Wildman–Crippen MR) is 94.6 cm³/mol. The van der Waals surface area contributed by atoms with Crippen LogP contribution in [0.2, 0.25) is 0 Å². The van der Waals surface area contributed by atoms with Gasteiger partial charge in [-0.25, -0.2) is 0 Å². The van der Waals surface area contributed by atoms with E-state index in [0.29, 0.717) is 0 Å². The first-order valence-corrected chi connectivity index (χ1v) is 8.04. The first kappa shape index (κ1) is 17.1. The number of nitrogens with one attached hydrogen (secondary N) is 1. The summed E-state index contributed by atoms with van der Waals surface area (Å²) in [4.78, 5) is 6.50. The Labute approximate surface area is 138 Å².